The van der Waals surface area contributed by atoms with E-state index in [1.807, 2.05) is 37.3 Å². The summed E-state index contributed by atoms with van der Waals surface area (Å²) in [6.07, 6.45) is 3.27. The molecule has 0 saturated heterocycles. The Hall–Kier alpha value is -3.28. The van der Waals surface area contributed by atoms with Crippen molar-refractivity contribution in [3.8, 4) is 5.69 Å². The Morgan fingerprint density at radius 1 is 1.00 bits per heavy atom. The molecular formula is C19H16FN5. The number of halogens is 1. The lowest BCUT2D eigenvalue weighted by molar-refractivity contribution is 0.626. The highest BCUT2D eigenvalue weighted by atomic mass is 19.1. The van der Waals surface area contributed by atoms with Gasteiger partial charge in [-0.3, -0.25) is 0 Å². The second-order valence-electron chi connectivity index (χ2n) is 5.77. The SMILES string of the molecule is C[C@H](Nc1ncnc2c1cnn2-c1ccccc1)c1ccc(F)cc1. The fourth-order valence-electron chi connectivity index (χ4n) is 2.76. The third-order valence-corrected chi connectivity index (χ3v) is 4.09. The normalized spacial score (nSPS) is 12.2. The molecule has 4 rings (SSSR count). The lowest BCUT2D eigenvalue weighted by Crippen LogP contribution is -2.08. The van der Waals surface area contributed by atoms with Gasteiger partial charge in [0.15, 0.2) is 5.65 Å². The summed E-state index contributed by atoms with van der Waals surface area (Å²) < 4.78 is 14.9. The first-order chi connectivity index (χ1) is 12.2. The molecule has 25 heavy (non-hydrogen) atoms. The minimum absolute atomic E-state index is 0.0289. The summed E-state index contributed by atoms with van der Waals surface area (Å²) in [4.78, 5) is 8.72. The van der Waals surface area contributed by atoms with Gasteiger partial charge in [-0.15, -0.1) is 0 Å². The minimum atomic E-state index is -0.246. The van der Waals surface area contributed by atoms with Crippen LogP contribution in [0.25, 0.3) is 16.7 Å². The van der Waals surface area contributed by atoms with Gasteiger partial charge in [0.2, 0.25) is 0 Å². The number of anilines is 1. The Bertz CT molecular complexity index is 995. The van der Waals surface area contributed by atoms with Crippen molar-refractivity contribution in [3.05, 3.63) is 78.5 Å². The first kappa shape index (κ1) is 15.3. The molecule has 0 amide bonds. The van der Waals surface area contributed by atoms with E-state index >= 15 is 0 Å². The van der Waals surface area contributed by atoms with Crippen molar-refractivity contribution in [3.63, 3.8) is 0 Å². The Morgan fingerprint density at radius 3 is 2.52 bits per heavy atom. The molecule has 0 radical (unpaired) electrons. The number of rotatable bonds is 4. The number of para-hydroxylation sites is 1. The van der Waals surface area contributed by atoms with Crippen LogP contribution in [0.1, 0.15) is 18.5 Å². The molecule has 0 saturated carbocycles. The smallest absolute Gasteiger partial charge is 0.168 e. The van der Waals surface area contributed by atoms with Crippen molar-refractivity contribution in [2.45, 2.75) is 13.0 Å². The van der Waals surface area contributed by atoms with Crippen LogP contribution in [0.15, 0.2) is 67.1 Å². The molecule has 1 N–H and O–H groups in total. The van der Waals surface area contributed by atoms with Crippen molar-refractivity contribution in [2.75, 3.05) is 5.32 Å². The van der Waals surface area contributed by atoms with E-state index in [-0.39, 0.29) is 11.9 Å². The number of hydrogen-bond acceptors (Lipinski definition) is 4. The molecule has 1 atom stereocenters. The molecule has 124 valence electrons. The van der Waals surface area contributed by atoms with Gasteiger partial charge in [0, 0.05) is 6.04 Å². The summed E-state index contributed by atoms with van der Waals surface area (Å²) in [6.45, 7) is 2.00. The van der Waals surface area contributed by atoms with E-state index in [0.29, 0.717) is 5.82 Å². The molecule has 0 aliphatic carbocycles. The highest BCUT2D eigenvalue weighted by Crippen LogP contribution is 2.25. The Labute approximate surface area is 144 Å². The van der Waals surface area contributed by atoms with E-state index in [9.17, 15) is 4.39 Å². The van der Waals surface area contributed by atoms with Gasteiger partial charge < -0.3 is 5.32 Å². The molecule has 0 bridgehead atoms. The summed E-state index contributed by atoms with van der Waals surface area (Å²) in [5, 5.41) is 8.63. The van der Waals surface area contributed by atoms with Crippen LogP contribution in [0.4, 0.5) is 10.2 Å². The van der Waals surface area contributed by atoms with Gasteiger partial charge in [0.05, 0.1) is 17.3 Å². The van der Waals surface area contributed by atoms with Crippen LogP contribution in [0, 0.1) is 5.82 Å². The van der Waals surface area contributed by atoms with Crippen molar-refractivity contribution < 1.29 is 4.39 Å². The number of aromatic nitrogens is 4. The zero-order valence-electron chi connectivity index (χ0n) is 13.6. The van der Waals surface area contributed by atoms with Crippen molar-refractivity contribution >= 4 is 16.9 Å². The highest BCUT2D eigenvalue weighted by Gasteiger charge is 2.13. The van der Waals surface area contributed by atoms with Crippen molar-refractivity contribution in [2.24, 2.45) is 0 Å². The van der Waals surface area contributed by atoms with E-state index in [0.717, 1.165) is 22.3 Å². The monoisotopic (exact) mass is 333 g/mol. The second-order valence-corrected chi connectivity index (χ2v) is 5.77. The third kappa shape index (κ3) is 2.94. The van der Waals surface area contributed by atoms with E-state index in [4.69, 9.17) is 0 Å². The van der Waals surface area contributed by atoms with E-state index in [2.05, 4.69) is 20.4 Å². The quantitative estimate of drug-likeness (QED) is 0.610. The van der Waals surface area contributed by atoms with E-state index in [1.165, 1.54) is 18.5 Å². The fourth-order valence-corrected chi connectivity index (χ4v) is 2.76. The standard InChI is InChI=1S/C19H16FN5/c1-13(14-7-9-15(20)10-8-14)24-18-17-11-23-25(19(17)22-12-21-18)16-5-3-2-4-6-16/h2-13H,1H3,(H,21,22,24)/t13-/m0/s1. The maximum absolute atomic E-state index is 13.1. The average Bonchev–Trinajstić information content (AvgIpc) is 3.08. The predicted octanol–water partition coefficient (Wildman–Crippen LogP) is 4.13. The summed E-state index contributed by atoms with van der Waals surface area (Å²) in [6, 6.07) is 16.2. The lowest BCUT2D eigenvalue weighted by Gasteiger charge is -2.15. The van der Waals surface area contributed by atoms with Gasteiger partial charge in [0.25, 0.3) is 0 Å². The Morgan fingerprint density at radius 2 is 1.76 bits per heavy atom. The number of fused-ring (bicyclic) bond motifs is 1. The van der Waals surface area contributed by atoms with Crippen molar-refractivity contribution in [1.82, 2.24) is 19.7 Å². The van der Waals surface area contributed by atoms with Gasteiger partial charge in [-0.05, 0) is 36.8 Å². The first-order valence-corrected chi connectivity index (χ1v) is 7.98. The van der Waals surface area contributed by atoms with Crippen LogP contribution in [0.2, 0.25) is 0 Å². The van der Waals surface area contributed by atoms with Crippen LogP contribution < -0.4 is 5.32 Å². The van der Waals surface area contributed by atoms with E-state index in [1.54, 1.807) is 23.0 Å². The Kier molecular flexibility index (Phi) is 3.85. The molecular weight excluding hydrogens is 317 g/mol. The topological polar surface area (TPSA) is 55.6 Å². The summed E-state index contributed by atoms with van der Waals surface area (Å²) in [5.41, 5.74) is 2.65. The highest BCUT2D eigenvalue weighted by molar-refractivity contribution is 5.87. The molecule has 6 heteroatoms. The lowest BCUT2D eigenvalue weighted by atomic mass is 10.1. The first-order valence-electron chi connectivity index (χ1n) is 7.98. The maximum Gasteiger partial charge on any atom is 0.168 e. The molecule has 5 nitrogen and oxygen atoms in total. The molecule has 4 aromatic rings. The number of nitrogens with zero attached hydrogens (tertiary/aromatic N) is 4. The predicted molar refractivity (Wildman–Crippen MR) is 95.1 cm³/mol. The van der Waals surface area contributed by atoms with Crippen LogP contribution >= 0.6 is 0 Å². The molecule has 0 aliphatic rings. The molecule has 0 spiro atoms. The summed E-state index contributed by atoms with van der Waals surface area (Å²) in [7, 11) is 0. The van der Waals surface area contributed by atoms with Crippen LogP contribution in [0.3, 0.4) is 0 Å². The van der Waals surface area contributed by atoms with Gasteiger partial charge >= 0.3 is 0 Å². The molecule has 2 heterocycles. The van der Waals surface area contributed by atoms with Gasteiger partial charge in [-0.2, -0.15) is 5.10 Å². The van der Waals surface area contributed by atoms with Crippen LogP contribution in [-0.2, 0) is 0 Å². The largest absolute Gasteiger partial charge is 0.363 e. The zero-order chi connectivity index (χ0) is 17.2. The molecule has 0 aliphatic heterocycles. The minimum Gasteiger partial charge on any atom is -0.363 e. The molecule has 2 aromatic heterocycles. The summed E-state index contributed by atoms with van der Waals surface area (Å²) >= 11 is 0. The maximum atomic E-state index is 13.1. The second kappa shape index (κ2) is 6.32. The summed E-state index contributed by atoms with van der Waals surface area (Å²) in [5.74, 6) is 0.452. The van der Waals surface area contributed by atoms with Gasteiger partial charge in [0.1, 0.15) is 18.0 Å². The fraction of sp³-hybridized carbons (Fsp3) is 0.105. The molecule has 0 unspecified atom stereocenters. The molecule has 2 aromatic carbocycles. The Balaban J connectivity index is 1.69. The van der Waals surface area contributed by atoms with Gasteiger partial charge in [-0.1, -0.05) is 30.3 Å². The average molecular weight is 333 g/mol. The third-order valence-electron chi connectivity index (χ3n) is 4.09. The molecule has 0 fully saturated rings. The number of benzene rings is 2. The van der Waals surface area contributed by atoms with E-state index < -0.39 is 0 Å². The number of nitrogens with one attached hydrogen (secondary N) is 1. The zero-order valence-corrected chi connectivity index (χ0v) is 13.6. The van der Waals surface area contributed by atoms with Crippen LogP contribution in [0.5, 0.6) is 0 Å². The van der Waals surface area contributed by atoms with Gasteiger partial charge in [-0.25, -0.2) is 19.0 Å². The van der Waals surface area contributed by atoms with Crippen LogP contribution in [-0.4, -0.2) is 19.7 Å². The van der Waals surface area contributed by atoms with Crippen molar-refractivity contribution in [1.29, 1.82) is 0 Å². The number of hydrogen-bond donors (Lipinski definition) is 1.